The van der Waals surface area contributed by atoms with E-state index in [-0.39, 0.29) is 17.2 Å². The number of thioether (sulfide) groups is 1. The maximum absolute atomic E-state index is 14.5. The molecule has 242 valence electrons. The van der Waals surface area contributed by atoms with Gasteiger partial charge in [0.05, 0.1) is 17.9 Å². The van der Waals surface area contributed by atoms with Gasteiger partial charge >= 0.3 is 5.97 Å². The van der Waals surface area contributed by atoms with Gasteiger partial charge in [-0.05, 0) is 80.1 Å². The minimum atomic E-state index is -0.656. The van der Waals surface area contributed by atoms with Gasteiger partial charge in [0.15, 0.2) is 0 Å². The lowest BCUT2D eigenvalue weighted by atomic mass is 9.88. The molecule has 0 bridgehead atoms. The molecule has 3 N–H and O–H groups in total. The molecule has 4 aromatic rings. The third kappa shape index (κ3) is 8.35. The number of anilines is 2. The van der Waals surface area contributed by atoms with Crippen LogP contribution in [0.25, 0.3) is 6.08 Å². The van der Waals surface area contributed by atoms with Crippen LogP contribution >= 0.6 is 23.1 Å². The molecular formula is C36H34FN3O5S2. The summed E-state index contributed by atoms with van der Waals surface area (Å²) in [4.78, 5) is 54.1. The Morgan fingerprint density at radius 1 is 1.00 bits per heavy atom. The molecule has 0 saturated carbocycles. The summed E-state index contributed by atoms with van der Waals surface area (Å²) in [5.41, 5.74) is 2.13. The lowest BCUT2D eigenvalue weighted by Gasteiger charge is -2.18. The Kier molecular flexibility index (Phi) is 10.9. The van der Waals surface area contributed by atoms with Crippen LogP contribution in [0, 0.1) is 11.7 Å². The highest BCUT2D eigenvalue weighted by atomic mass is 32.2. The van der Waals surface area contributed by atoms with Crippen molar-refractivity contribution >= 4 is 63.6 Å². The smallest absolute Gasteiger partial charge is 0.341 e. The first-order valence-electron chi connectivity index (χ1n) is 15.1. The number of rotatable bonds is 10. The van der Waals surface area contributed by atoms with Crippen molar-refractivity contribution < 1.29 is 28.3 Å². The number of carbonyl (C=O) groups is 4. The molecule has 47 heavy (non-hydrogen) atoms. The van der Waals surface area contributed by atoms with E-state index in [1.165, 1.54) is 54.5 Å². The topological polar surface area (TPSA) is 114 Å². The predicted octanol–water partition coefficient (Wildman–Crippen LogP) is 7.33. The Bertz CT molecular complexity index is 1840. The maximum atomic E-state index is 14.5. The molecule has 0 fully saturated rings. The fraction of sp³-hybridized carbons (Fsp3) is 0.222. The van der Waals surface area contributed by atoms with E-state index >= 15 is 0 Å². The normalized spacial score (nSPS) is 14.8. The minimum absolute atomic E-state index is 0.131. The SMILES string of the molecule is COC(=O)c1c(NC(=O)C(C)Sc2cccc(NC(=O)/C(=C/c3ccccc3F)NC(=O)c3ccccc3)c2)sc2c1CCC(C)C2. The summed E-state index contributed by atoms with van der Waals surface area (Å²) in [6.07, 6.45) is 3.88. The van der Waals surface area contributed by atoms with Crippen LogP contribution in [-0.4, -0.2) is 36.1 Å². The molecule has 0 saturated heterocycles. The molecule has 11 heteroatoms. The van der Waals surface area contributed by atoms with Crippen LogP contribution in [0.4, 0.5) is 15.1 Å². The number of fused-ring (bicyclic) bond motifs is 1. The Morgan fingerprint density at radius 3 is 2.49 bits per heavy atom. The second kappa shape index (κ2) is 15.2. The van der Waals surface area contributed by atoms with E-state index < -0.39 is 28.9 Å². The van der Waals surface area contributed by atoms with Crippen LogP contribution in [0.2, 0.25) is 0 Å². The molecule has 0 radical (unpaired) electrons. The molecule has 3 aromatic carbocycles. The molecule has 0 spiro atoms. The zero-order valence-corrected chi connectivity index (χ0v) is 27.7. The summed E-state index contributed by atoms with van der Waals surface area (Å²) in [6, 6.07) is 21.2. The number of halogens is 1. The molecule has 5 rings (SSSR count). The van der Waals surface area contributed by atoms with Crippen LogP contribution < -0.4 is 16.0 Å². The van der Waals surface area contributed by atoms with Gasteiger partial charge in [-0.25, -0.2) is 9.18 Å². The van der Waals surface area contributed by atoms with Gasteiger partial charge in [-0.3, -0.25) is 14.4 Å². The van der Waals surface area contributed by atoms with E-state index in [1.807, 2.05) is 6.07 Å². The number of carbonyl (C=O) groups excluding carboxylic acids is 4. The first-order chi connectivity index (χ1) is 22.6. The molecule has 3 amide bonds. The van der Waals surface area contributed by atoms with E-state index in [0.29, 0.717) is 32.6 Å². The third-order valence-electron chi connectivity index (χ3n) is 7.65. The fourth-order valence-corrected chi connectivity index (χ4v) is 7.49. The van der Waals surface area contributed by atoms with Crippen molar-refractivity contribution in [3.63, 3.8) is 0 Å². The number of ether oxygens (including phenoxy) is 1. The van der Waals surface area contributed by atoms with E-state index in [4.69, 9.17) is 4.74 Å². The van der Waals surface area contributed by atoms with Gasteiger partial charge in [0.1, 0.15) is 16.5 Å². The molecule has 1 aliphatic carbocycles. The number of nitrogens with one attached hydrogen (secondary N) is 3. The lowest BCUT2D eigenvalue weighted by molar-refractivity contribution is -0.115. The van der Waals surface area contributed by atoms with Crippen molar-refractivity contribution in [2.45, 2.75) is 43.3 Å². The van der Waals surface area contributed by atoms with Crippen LogP contribution in [-0.2, 0) is 27.2 Å². The van der Waals surface area contributed by atoms with Gasteiger partial charge in [-0.2, -0.15) is 0 Å². The van der Waals surface area contributed by atoms with Gasteiger partial charge in [0.2, 0.25) is 5.91 Å². The summed E-state index contributed by atoms with van der Waals surface area (Å²) in [6.45, 7) is 3.93. The van der Waals surface area contributed by atoms with Crippen molar-refractivity contribution in [1.29, 1.82) is 0 Å². The van der Waals surface area contributed by atoms with Gasteiger partial charge in [0, 0.05) is 26.6 Å². The Morgan fingerprint density at radius 2 is 1.74 bits per heavy atom. The number of methoxy groups -OCH3 is 1. The summed E-state index contributed by atoms with van der Waals surface area (Å²) in [7, 11) is 1.34. The number of hydrogen-bond acceptors (Lipinski definition) is 7. The Balaban J connectivity index is 1.30. The number of hydrogen-bond donors (Lipinski definition) is 3. The highest BCUT2D eigenvalue weighted by Crippen LogP contribution is 2.40. The van der Waals surface area contributed by atoms with Gasteiger partial charge in [-0.15, -0.1) is 23.1 Å². The van der Waals surface area contributed by atoms with E-state index in [0.717, 1.165) is 29.7 Å². The molecule has 2 unspecified atom stereocenters. The molecule has 2 atom stereocenters. The summed E-state index contributed by atoms with van der Waals surface area (Å²) < 4.78 is 19.5. The Hall–Kier alpha value is -4.74. The van der Waals surface area contributed by atoms with Crippen LogP contribution in [0.15, 0.2) is 89.5 Å². The molecule has 0 aliphatic heterocycles. The predicted molar refractivity (Wildman–Crippen MR) is 184 cm³/mol. The zero-order valence-electron chi connectivity index (χ0n) is 26.1. The largest absolute Gasteiger partial charge is 0.465 e. The molecule has 8 nitrogen and oxygen atoms in total. The van der Waals surface area contributed by atoms with Crippen molar-refractivity contribution in [3.8, 4) is 0 Å². The zero-order chi connectivity index (χ0) is 33.5. The highest BCUT2D eigenvalue weighted by Gasteiger charge is 2.30. The van der Waals surface area contributed by atoms with Crippen LogP contribution in [0.1, 0.15) is 57.0 Å². The average Bonchev–Trinajstić information content (AvgIpc) is 3.42. The first kappa shape index (κ1) is 33.6. The summed E-state index contributed by atoms with van der Waals surface area (Å²) >= 11 is 2.71. The number of esters is 1. The standard InChI is InChI=1S/C36H34FN3O5S2/c1-21-16-17-27-30(18-21)47-35(31(27)36(44)45-3)40-32(41)22(2)46-26-14-9-13-25(20-26)38-34(43)29(19-24-12-7-8-15-28(24)37)39-33(42)23-10-5-4-6-11-23/h4-15,19-22H,16-18H2,1-3H3,(H,38,43)(H,39,42)(H,40,41)/b29-19-. The molecule has 1 heterocycles. The minimum Gasteiger partial charge on any atom is -0.465 e. The van der Waals surface area contributed by atoms with Gasteiger partial charge in [-0.1, -0.05) is 49.4 Å². The average molecular weight is 672 g/mol. The molecular weight excluding hydrogens is 638 g/mol. The summed E-state index contributed by atoms with van der Waals surface area (Å²) in [5.74, 6) is -1.96. The van der Waals surface area contributed by atoms with E-state index in [2.05, 4.69) is 22.9 Å². The maximum Gasteiger partial charge on any atom is 0.341 e. The van der Waals surface area contributed by atoms with Crippen molar-refractivity contribution in [3.05, 3.63) is 118 Å². The number of benzene rings is 3. The lowest BCUT2D eigenvalue weighted by Crippen LogP contribution is -2.30. The number of thiophene rings is 1. The van der Waals surface area contributed by atoms with Crippen molar-refractivity contribution in [2.24, 2.45) is 5.92 Å². The molecule has 1 aliphatic rings. The van der Waals surface area contributed by atoms with Crippen LogP contribution in [0.3, 0.4) is 0 Å². The second-order valence-electron chi connectivity index (χ2n) is 11.2. The first-order valence-corrected chi connectivity index (χ1v) is 16.8. The number of amides is 3. The molecule has 1 aromatic heterocycles. The highest BCUT2D eigenvalue weighted by molar-refractivity contribution is 8.00. The van der Waals surface area contributed by atoms with Gasteiger partial charge in [0.25, 0.3) is 11.8 Å². The third-order valence-corrected chi connectivity index (χ3v) is 9.91. The summed E-state index contributed by atoms with van der Waals surface area (Å²) in [5, 5.41) is 8.28. The van der Waals surface area contributed by atoms with E-state index in [9.17, 15) is 23.6 Å². The van der Waals surface area contributed by atoms with E-state index in [1.54, 1.807) is 61.5 Å². The second-order valence-corrected chi connectivity index (χ2v) is 13.7. The van der Waals surface area contributed by atoms with Crippen LogP contribution in [0.5, 0.6) is 0 Å². The monoisotopic (exact) mass is 671 g/mol. The van der Waals surface area contributed by atoms with Gasteiger partial charge < -0.3 is 20.7 Å². The Labute approximate surface area is 280 Å². The van der Waals surface area contributed by atoms with Crippen molar-refractivity contribution in [1.82, 2.24) is 5.32 Å². The fourth-order valence-electron chi connectivity index (χ4n) is 5.16. The quantitative estimate of drug-likeness (QED) is 0.0925. The van der Waals surface area contributed by atoms with Crippen molar-refractivity contribution in [2.75, 3.05) is 17.7 Å².